The molecule has 2 heterocycles. The van der Waals surface area contributed by atoms with E-state index in [1.54, 1.807) is 13.3 Å². The Morgan fingerprint density at radius 3 is 2.95 bits per heavy atom. The molecule has 6 heteroatoms. The number of nitrogens with one attached hydrogen (secondary N) is 2. The standard InChI is InChI=1S/C15H15N3O3/c1-21-10-2-3-11-9(8-10)6-7-16-14(11)17-12-4-5-13(19)18-15(12)20/h2-3,6-8,12H,4-5H2,1H3,(H,16,17)(H,18,19,20). The molecule has 1 aromatic carbocycles. The van der Waals surface area contributed by atoms with Gasteiger partial charge in [-0.2, -0.15) is 0 Å². The summed E-state index contributed by atoms with van der Waals surface area (Å²) in [5.41, 5.74) is 0. The van der Waals surface area contributed by atoms with Crippen LogP contribution in [0.3, 0.4) is 0 Å². The normalized spacial score (nSPS) is 18.4. The van der Waals surface area contributed by atoms with Gasteiger partial charge in [-0.25, -0.2) is 4.98 Å². The number of rotatable bonds is 3. The van der Waals surface area contributed by atoms with Gasteiger partial charge in [0.25, 0.3) is 0 Å². The van der Waals surface area contributed by atoms with Gasteiger partial charge in [-0.1, -0.05) is 0 Å². The molecule has 2 aromatic rings. The number of fused-ring (bicyclic) bond motifs is 1. The molecule has 3 rings (SSSR count). The molecule has 0 saturated carbocycles. The fraction of sp³-hybridized carbons (Fsp3) is 0.267. The number of hydrogen-bond donors (Lipinski definition) is 2. The van der Waals surface area contributed by atoms with E-state index in [2.05, 4.69) is 15.6 Å². The van der Waals surface area contributed by atoms with Crippen LogP contribution in [0.15, 0.2) is 30.5 Å². The maximum absolute atomic E-state index is 11.8. The highest BCUT2D eigenvalue weighted by atomic mass is 16.5. The first-order valence-electron chi connectivity index (χ1n) is 6.70. The zero-order valence-electron chi connectivity index (χ0n) is 11.6. The van der Waals surface area contributed by atoms with Crippen LogP contribution in [-0.4, -0.2) is 29.9 Å². The third-order valence-corrected chi connectivity index (χ3v) is 3.52. The summed E-state index contributed by atoms with van der Waals surface area (Å²) >= 11 is 0. The Hall–Kier alpha value is -2.63. The van der Waals surface area contributed by atoms with E-state index >= 15 is 0 Å². The molecule has 0 bridgehead atoms. The molecule has 1 fully saturated rings. The molecule has 21 heavy (non-hydrogen) atoms. The van der Waals surface area contributed by atoms with E-state index in [1.807, 2.05) is 24.3 Å². The minimum Gasteiger partial charge on any atom is -0.497 e. The molecule has 0 radical (unpaired) electrons. The number of aromatic nitrogens is 1. The fourth-order valence-corrected chi connectivity index (χ4v) is 2.39. The summed E-state index contributed by atoms with van der Waals surface area (Å²) in [6.45, 7) is 0. The highest BCUT2D eigenvalue weighted by Gasteiger charge is 2.26. The van der Waals surface area contributed by atoms with Crippen molar-refractivity contribution < 1.29 is 14.3 Å². The third kappa shape index (κ3) is 2.65. The summed E-state index contributed by atoms with van der Waals surface area (Å²) in [5, 5.41) is 7.32. The first kappa shape index (κ1) is 13.4. The van der Waals surface area contributed by atoms with Gasteiger partial charge in [-0.15, -0.1) is 0 Å². The van der Waals surface area contributed by atoms with Crippen molar-refractivity contribution in [1.29, 1.82) is 0 Å². The Balaban J connectivity index is 1.90. The van der Waals surface area contributed by atoms with Gasteiger partial charge in [0.2, 0.25) is 11.8 Å². The second kappa shape index (κ2) is 5.40. The number of piperidine rings is 1. The monoisotopic (exact) mass is 285 g/mol. The van der Waals surface area contributed by atoms with E-state index in [0.717, 1.165) is 16.5 Å². The largest absolute Gasteiger partial charge is 0.497 e. The highest BCUT2D eigenvalue weighted by Crippen LogP contribution is 2.26. The van der Waals surface area contributed by atoms with Crippen LogP contribution in [0.25, 0.3) is 10.8 Å². The van der Waals surface area contributed by atoms with E-state index in [9.17, 15) is 9.59 Å². The number of nitrogens with zero attached hydrogens (tertiary/aromatic N) is 1. The molecular formula is C15H15N3O3. The number of anilines is 1. The SMILES string of the molecule is COc1ccc2c(NC3CCC(=O)NC3=O)nccc2c1. The maximum Gasteiger partial charge on any atom is 0.249 e. The summed E-state index contributed by atoms with van der Waals surface area (Å²) in [7, 11) is 1.62. The van der Waals surface area contributed by atoms with Crippen LogP contribution in [0.4, 0.5) is 5.82 Å². The van der Waals surface area contributed by atoms with Crippen molar-refractivity contribution in [2.75, 3.05) is 12.4 Å². The number of carbonyl (C=O) groups is 2. The lowest BCUT2D eigenvalue weighted by molar-refractivity contribution is -0.133. The van der Waals surface area contributed by atoms with Crippen molar-refractivity contribution in [2.45, 2.75) is 18.9 Å². The van der Waals surface area contributed by atoms with Crippen molar-refractivity contribution in [3.05, 3.63) is 30.5 Å². The average Bonchev–Trinajstić information content (AvgIpc) is 2.49. The Morgan fingerprint density at radius 2 is 2.19 bits per heavy atom. The molecule has 1 aliphatic rings. The van der Waals surface area contributed by atoms with Crippen LogP contribution in [0, 0.1) is 0 Å². The average molecular weight is 285 g/mol. The molecule has 1 saturated heterocycles. The molecule has 0 aliphatic carbocycles. The Kier molecular flexibility index (Phi) is 3.43. The van der Waals surface area contributed by atoms with Crippen molar-refractivity contribution in [2.24, 2.45) is 0 Å². The summed E-state index contributed by atoms with van der Waals surface area (Å²) in [6.07, 6.45) is 2.48. The van der Waals surface area contributed by atoms with Gasteiger partial charge in [0.15, 0.2) is 0 Å². The van der Waals surface area contributed by atoms with Crippen LogP contribution < -0.4 is 15.4 Å². The Morgan fingerprint density at radius 1 is 1.33 bits per heavy atom. The number of imide groups is 1. The smallest absolute Gasteiger partial charge is 0.249 e. The second-order valence-electron chi connectivity index (χ2n) is 4.89. The predicted molar refractivity (Wildman–Crippen MR) is 78.1 cm³/mol. The lowest BCUT2D eigenvalue weighted by Crippen LogP contribution is -2.47. The van der Waals surface area contributed by atoms with Crippen molar-refractivity contribution >= 4 is 28.4 Å². The summed E-state index contributed by atoms with van der Waals surface area (Å²) < 4.78 is 5.20. The number of benzene rings is 1. The lowest BCUT2D eigenvalue weighted by atomic mass is 10.1. The molecule has 2 amide bonds. The quantitative estimate of drug-likeness (QED) is 0.835. The minimum atomic E-state index is -0.442. The third-order valence-electron chi connectivity index (χ3n) is 3.52. The number of pyridine rings is 1. The van der Waals surface area contributed by atoms with Gasteiger partial charge < -0.3 is 10.1 Å². The van der Waals surface area contributed by atoms with E-state index < -0.39 is 6.04 Å². The Labute approximate surface area is 121 Å². The topological polar surface area (TPSA) is 80.3 Å². The summed E-state index contributed by atoms with van der Waals surface area (Å²) in [5.74, 6) is 0.859. The van der Waals surface area contributed by atoms with Gasteiger partial charge in [0.05, 0.1) is 7.11 Å². The lowest BCUT2D eigenvalue weighted by Gasteiger charge is -2.22. The summed E-state index contributed by atoms with van der Waals surface area (Å²) in [4.78, 5) is 27.3. The van der Waals surface area contributed by atoms with Crippen molar-refractivity contribution in [3.8, 4) is 5.75 Å². The van der Waals surface area contributed by atoms with Crippen LogP contribution in [0.2, 0.25) is 0 Å². The van der Waals surface area contributed by atoms with E-state index in [1.165, 1.54) is 0 Å². The predicted octanol–water partition coefficient (Wildman–Crippen LogP) is 1.46. The van der Waals surface area contributed by atoms with Gasteiger partial charge in [-0.3, -0.25) is 14.9 Å². The van der Waals surface area contributed by atoms with E-state index in [0.29, 0.717) is 18.7 Å². The molecule has 1 unspecified atom stereocenters. The van der Waals surface area contributed by atoms with Crippen LogP contribution in [0.5, 0.6) is 5.75 Å². The first-order valence-corrected chi connectivity index (χ1v) is 6.70. The molecule has 6 nitrogen and oxygen atoms in total. The number of ether oxygens (including phenoxy) is 1. The summed E-state index contributed by atoms with van der Waals surface area (Å²) in [6, 6.07) is 7.10. The zero-order chi connectivity index (χ0) is 14.8. The van der Waals surface area contributed by atoms with Gasteiger partial charge in [-0.05, 0) is 36.1 Å². The number of amides is 2. The fourth-order valence-electron chi connectivity index (χ4n) is 2.39. The number of methoxy groups -OCH3 is 1. The molecule has 1 aromatic heterocycles. The molecule has 2 N–H and O–H groups in total. The van der Waals surface area contributed by atoms with Gasteiger partial charge >= 0.3 is 0 Å². The van der Waals surface area contributed by atoms with E-state index in [-0.39, 0.29) is 11.8 Å². The first-order chi connectivity index (χ1) is 10.2. The van der Waals surface area contributed by atoms with Crippen LogP contribution >= 0.6 is 0 Å². The van der Waals surface area contributed by atoms with Gasteiger partial charge in [0.1, 0.15) is 17.6 Å². The molecule has 108 valence electrons. The molecular weight excluding hydrogens is 270 g/mol. The maximum atomic E-state index is 11.8. The minimum absolute atomic E-state index is 0.228. The van der Waals surface area contributed by atoms with Crippen molar-refractivity contribution in [1.82, 2.24) is 10.3 Å². The van der Waals surface area contributed by atoms with E-state index in [4.69, 9.17) is 4.74 Å². The van der Waals surface area contributed by atoms with Crippen LogP contribution in [-0.2, 0) is 9.59 Å². The highest BCUT2D eigenvalue weighted by molar-refractivity contribution is 6.02. The van der Waals surface area contributed by atoms with Crippen LogP contribution in [0.1, 0.15) is 12.8 Å². The Bertz CT molecular complexity index is 714. The number of hydrogen-bond acceptors (Lipinski definition) is 5. The van der Waals surface area contributed by atoms with Crippen molar-refractivity contribution in [3.63, 3.8) is 0 Å². The zero-order valence-corrected chi connectivity index (χ0v) is 11.6. The molecule has 1 aliphatic heterocycles. The molecule has 0 spiro atoms. The van der Waals surface area contributed by atoms with Gasteiger partial charge in [0, 0.05) is 18.0 Å². The molecule has 1 atom stereocenters. The second-order valence-corrected chi connectivity index (χ2v) is 4.89. The number of carbonyl (C=O) groups excluding carboxylic acids is 2.